The number of rotatable bonds is 6. The van der Waals surface area contributed by atoms with Gasteiger partial charge >= 0.3 is 0 Å². The monoisotopic (exact) mass is 382 g/mol. The van der Waals surface area contributed by atoms with E-state index in [1.807, 2.05) is 0 Å². The van der Waals surface area contributed by atoms with Gasteiger partial charge in [-0.3, -0.25) is 4.79 Å². The maximum absolute atomic E-state index is 12.7. The van der Waals surface area contributed by atoms with Crippen molar-refractivity contribution >= 4 is 15.9 Å². The van der Waals surface area contributed by atoms with Gasteiger partial charge in [0.05, 0.1) is 17.1 Å². The van der Waals surface area contributed by atoms with Gasteiger partial charge in [-0.05, 0) is 43.9 Å². The van der Waals surface area contributed by atoms with E-state index in [9.17, 15) is 13.2 Å². The Balaban J connectivity index is 1.66. The quantitative estimate of drug-likeness (QED) is 0.804. The first kappa shape index (κ1) is 19.3. The fourth-order valence-corrected chi connectivity index (χ4v) is 4.48. The number of ether oxygens (including phenoxy) is 2. The number of likely N-dealkylation sites (tertiary alicyclic amines) is 1. The molecule has 2 heterocycles. The van der Waals surface area contributed by atoms with Gasteiger partial charge in [0.1, 0.15) is 0 Å². The van der Waals surface area contributed by atoms with E-state index in [1.54, 1.807) is 24.1 Å². The van der Waals surface area contributed by atoms with Crippen molar-refractivity contribution in [3.63, 3.8) is 0 Å². The number of carbonyl (C=O) groups excluding carboxylic acids is 1. The van der Waals surface area contributed by atoms with Crippen LogP contribution in [0.15, 0.2) is 29.2 Å². The lowest BCUT2D eigenvalue weighted by molar-refractivity contribution is 0.0350. The Kier molecular flexibility index (Phi) is 6.29. The number of benzene rings is 1. The second-order valence-electron chi connectivity index (χ2n) is 6.74. The van der Waals surface area contributed by atoms with E-state index < -0.39 is 10.0 Å². The minimum atomic E-state index is -3.67. The Morgan fingerprint density at radius 2 is 2.08 bits per heavy atom. The molecule has 2 aliphatic rings. The molecular formula is C18H26N2O5S. The van der Waals surface area contributed by atoms with Gasteiger partial charge in [-0.15, -0.1) is 0 Å². The fourth-order valence-electron chi connectivity index (χ4n) is 3.36. The molecule has 26 heavy (non-hydrogen) atoms. The molecule has 7 nitrogen and oxygen atoms in total. The van der Waals surface area contributed by atoms with Crippen molar-refractivity contribution in [2.75, 3.05) is 33.4 Å². The summed E-state index contributed by atoms with van der Waals surface area (Å²) in [5.41, 5.74) is 0.390. The molecule has 1 atom stereocenters. The van der Waals surface area contributed by atoms with Crippen LogP contribution in [0.4, 0.5) is 0 Å². The van der Waals surface area contributed by atoms with E-state index >= 15 is 0 Å². The zero-order valence-electron chi connectivity index (χ0n) is 15.0. The lowest BCUT2D eigenvalue weighted by Gasteiger charge is -2.31. The Morgan fingerprint density at radius 3 is 2.73 bits per heavy atom. The number of amides is 1. The van der Waals surface area contributed by atoms with Crippen molar-refractivity contribution < 1.29 is 22.7 Å². The summed E-state index contributed by atoms with van der Waals surface area (Å²) in [7, 11) is -1.99. The Bertz CT molecular complexity index is 723. The van der Waals surface area contributed by atoms with Crippen LogP contribution < -0.4 is 4.72 Å². The molecule has 1 N–H and O–H groups in total. The molecule has 2 fully saturated rings. The van der Waals surface area contributed by atoms with E-state index in [1.165, 1.54) is 12.1 Å². The molecule has 1 aromatic carbocycles. The van der Waals surface area contributed by atoms with E-state index in [0.717, 1.165) is 25.7 Å². The molecule has 2 saturated heterocycles. The van der Waals surface area contributed by atoms with Crippen LogP contribution in [-0.2, 0) is 19.5 Å². The number of nitrogens with zero attached hydrogens (tertiary/aromatic N) is 1. The highest BCUT2D eigenvalue weighted by Crippen LogP contribution is 2.18. The third-order valence-corrected chi connectivity index (χ3v) is 6.40. The van der Waals surface area contributed by atoms with Gasteiger partial charge in [0.2, 0.25) is 10.0 Å². The standard InChI is InChI=1S/C18H26N2O5S/c1-24-15-7-9-20(10-8-15)18(21)14-4-2-6-17(12-14)26(22,23)19-13-16-5-3-11-25-16/h2,4,6,12,15-16,19H,3,5,7-11,13H2,1H3. The molecule has 0 aliphatic carbocycles. The number of hydrogen-bond donors (Lipinski definition) is 1. The van der Waals surface area contributed by atoms with Gasteiger partial charge < -0.3 is 14.4 Å². The van der Waals surface area contributed by atoms with E-state index in [-0.39, 0.29) is 29.6 Å². The molecule has 0 radical (unpaired) electrons. The Morgan fingerprint density at radius 1 is 1.31 bits per heavy atom. The summed E-state index contributed by atoms with van der Waals surface area (Å²) in [6.45, 7) is 2.17. The number of carbonyl (C=O) groups is 1. The third kappa shape index (κ3) is 4.62. The number of nitrogens with one attached hydrogen (secondary N) is 1. The van der Waals surface area contributed by atoms with Gasteiger partial charge in [-0.25, -0.2) is 13.1 Å². The number of hydrogen-bond acceptors (Lipinski definition) is 5. The summed E-state index contributed by atoms with van der Waals surface area (Å²) < 4.78 is 38.4. The minimum Gasteiger partial charge on any atom is -0.381 e. The lowest BCUT2D eigenvalue weighted by atomic mass is 10.1. The van der Waals surface area contributed by atoms with Crippen molar-refractivity contribution in [1.29, 1.82) is 0 Å². The zero-order chi connectivity index (χ0) is 18.6. The van der Waals surface area contributed by atoms with Crippen LogP contribution in [0.3, 0.4) is 0 Å². The van der Waals surface area contributed by atoms with Crippen LogP contribution >= 0.6 is 0 Å². The molecule has 0 aromatic heterocycles. The van der Waals surface area contributed by atoms with E-state index in [4.69, 9.17) is 9.47 Å². The maximum Gasteiger partial charge on any atom is 0.253 e. The molecule has 1 unspecified atom stereocenters. The van der Waals surface area contributed by atoms with Crippen LogP contribution in [0.25, 0.3) is 0 Å². The first-order valence-electron chi connectivity index (χ1n) is 9.03. The average molecular weight is 382 g/mol. The molecule has 1 aromatic rings. The highest BCUT2D eigenvalue weighted by molar-refractivity contribution is 7.89. The topological polar surface area (TPSA) is 84.9 Å². The highest BCUT2D eigenvalue weighted by atomic mass is 32.2. The first-order chi connectivity index (χ1) is 12.5. The molecule has 1 amide bonds. The second kappa shape index (κ2) is 8.47. The van der Waals surface area contributed by atoms with Crippen molar-refractivity contribution in [2.24, 2.45) is 0 Å². The van der Waals surface area contributed by atoms with Gasteiger partial charge in [0, 0.05) is 38.9 Å². The molecule has 8 heteroatoms. The lowest BCUT2D eigenvalue weighted by Crippen LogP contribution is -2.40. The smallest absolute Gasteiger partial charge is 0.253 e. The second-order valence-corrected chi connectivity index (χ2v) is 8.51. The molecule has 0 spiro atoms. The molecule has 144 valence electrons. The highest BCUT2D eigenvalue weighted by Gasteiger charge is 2.25. The average Bonchev–Trinajstić information content (AvgIpc) is 3.20. The predicted molar refractivity (Wildman–Crippen MR) is 96.5 cm³/mol. The maximum atomic E-state index is 12.7. The van der Waals surface area contributed by atoms with Crippen molar-refractivity contribution in [3.05, 3.63) is 29.8 Å². The molecular weight excluding hydrogens is 356 g/mol. The van der Waals surface area contributed by atoms with Crippen LogP contribution in [0.5, 0.6) is 0 Å². The molecule has 3 rings (SSSR count). The SMILES string of the molecule is COC1CCN(C(=O)c2cccc(S(=O)(=O)NCC3CCCO3)c2)CC1. The fraction of sp³-hybridized carbons (Fsp3) is 0.611. The van der Waals surface area contributed by atoms with Gasteiger partial charge in [0.15, 0.2) is 0 Å². The van der Waals surface area contributed by atoms with Crippen LogP contribution in [0, 0.1) is 0 Å². The summed E-state index contributed by atoms with van der Waals surface area (Å²) >= 11 is 0. The van der Waals surface area contributed by atoms with Crippen molar-refractivity contribution in [3.8, 4) is 0 Å². The minimum absolute atomic E-state index is 0.0725. The van der Waals surface area contributed by atoms with E-state index in [2.05, 4.69) is 4.72 Å². The normalized spacial score (nSPS) is 21.9. The third-order valence-electron chi connectivity index (χ3n) is 4.98. The summed E-state index contributed by atoms with van der Waals surface area (Å²) in [5.74, 6) is -0.143. The van der Waals surface area contributed by atoms with Crippen LogP contribution in [0.2, 0.25) is 0 Å². The van der Waals surface area contributed by atoms with Gasteiger partial charge in [0.25, 0.3) is 5.91 Å². The first-order valence-corrected chi connectivity index (χ1v) is 10.5. The van der Waals surface area contributed by atoms with Crippen LogP contribution in [0.1, 0.15) is 36.0 Å². The largest absolute Gasteiger partial charge is 0.381 e. The van der Waals surface area contributed by atoms with Crippen molar-refractivity contribution in [1.82, 2.24) is 9.62 Å². The van der Waals surface area contributed by atoms with E-state index in [0.29, 0.717) is 25.3 Å². The Labute approximate surface area is 154 Å². The number of sulfonamides is 1. The summed E-state index contributed by atoms with van der Waals surface area (Å²) in [4.78, 5) is 14.5. The molecule has 0 bridgehead atoms. The van der Waals surface area contributed by atoms with Gasteiger partial charge in [-0.2, -0.15) is 0 Å². The van der Waals surface area contributed by atoms with Crippen molar-refractivity contribution in [2.45, 2.75) is 42.8 Å². The molecule has 0 saturated carbocycles. The number of methoxy groups -OCH3 is 1. The predicted octanol–water partition coefficient (Wildman–Crippen LogP) is 1.39. The molecule has 2 aliphatic heterocycles. The summed E-state index contributed by atoms with van der Waals surface area (Å²) in [6, 6.07) is 6.22. The number of piperidine rings is 1. The zero-order valence-corrected chi connectivity index (χ0v) is 15.8. The Hall–Kier alpha value is -1.48. The van der Waals surface area contributed by atoms with Gasteiger partial charge in [-0.1, -0.05) is 6.07 Å². The summed E-state index contributed by atoms with van der Waals surface area (Å²) in [6.07, 6.45) is 3.52. The van der Waals surface area contributed by atoms with Crippen LogP contribution in [-0.4, -0.2) is 64.8 Å². The summed E-state index contributed by atoms with van der Waals surface area (Å²) in [5, 5.41) is 0.